The molecule has 0 bridgehead atoms. The van der Waals surface area contributed by atoms with Crippen LogP contribution in [0.3, 0.4) is 0 Å². The van der Waals surface area contributed by atoms with Crippen molar-refractivity contribution in [3.05, 3.63) is 0 Å². The van der Waals surface area contributed by atoms with E-state index >= 15 is 0 Å². The predicted octanol–water partition coefficient (Wildman–Crippen LogP) is 1.86. The third-order valence-electron chi connectivity index (χ3n) is 6.08. The van der Waals surface area contributed by atoms with E-state index in [-0.39, 0.29) is 42.5 Å². The molecule has 126 valence electrons. The largest absolute Gasteiger partial charge is 0.353 e. The van der Waals surface area contributed by atoms with E-state index in [4.69, 9.17) is 0 Å². The molecule has 5 heteroatoms. The molecule has 3 saturated carbocycles. The highest BCUT2D eigenvalue weighted by molar-refractivity contribution is 6.05. The number of rotatable bonds is 6. The molecule has 1 saturated heterocycles. The van der Waals surface area contributed by atoms with E-state index in [0.717, 1.165) is 25.7 Å². The number of fused-ring (bicyclic) bond motifs is 1. The Morgan fingerprint density at radius 1 is 0.957 bits per heavy atom. The van der Waals surface area contributed by atoms with E-state index in [1.807, 2.05) is 0 Å². The molecule has 0 aromatic rings. The summed E-state index contributed by atoms with van der Waals surface area (Å²) in [6, 6.07) is 0.343. The summed E-state index contributed by atoms with van der Waals surface area (Å²) in [5, 5.41) is 3.17. The summed E-state index contributed by atoms with van der Waals surface area (Å²) in [5.74, 6) is 1.06. The maximum atomic E-state index is 12.4. The van der Waals surface area contributed by atoms with Gasteiger partial charge in [-0.15, -0.1) is 0 Å². The van der Waals surface area contributed by atoms with E-state index in [2.05, 4.69) is 5.32 Å². The molecule has 4 fully saturated rings. The van der Waals surface area contributed by atoms with Gasteiger partial charge in [-0.25, -0.2) is 0 Å². The first-order chi connectivity index (χ1) is 11.1. The summed E-state index contributed by atoms with van der Waals surface area (Å²) >= 11 is 0. The van der Waals surface area contributed by atoms with E-state index < -0.39 is 0 Å². The van der Waals surface area contributed by atoms with Gasteiger partial charge in [-0.2, -0.15) is 0 Å². The third-order valence-corrected chi connectivity index (χ3v) is 6.08. The van der Waals surface area contributed by atoms with Crippen LogP contribution in [-0.2, 0) is 14.4 Å². The zero-order valence-corrected chi connectivity index (χ0v) is 13.6. The molecule has 3 amide bonds. The molecule has 2 unspecified atom stereocenters. The summed E-state index contributed by atoms with van der Waals surface area (Å²) in [6.45, 7) is 0.262. The maximum Gasteiger partial charge on any atom is 0.233 e. The summed E-state index contributed by atoms with van der Waals surface area (Å²) in [7, 11) is 0. The Kier molecular flexibility index (Phi) is 3.90. The minimum atomic E-state index is -0.106. The van der Waals surface area contributed by atoms with E-state index in [1.54, 1.807) is 0 Å². The van der Waals surface area contributed by atoms with Crippen LogP contribution < -0.4 is 5.32 Å². The number of imide groups is 1. The van der Waals surface area contributed by atoms with Crippen LogP contribution in [0.4, 0.5) is 0 Å². The fourth-order valence-corrected chi connectivity index (χ4v) is 4.45. The molecular formula is C18H26N2O3. The fraction of sp³-hybridized carbons (Fsp3) is 0.833. The van der Waals surface area contributed by atoms with Gasteiger partial charge in [0, 0.05) is 19.0 Å². The van der Waals surface area contributed by atoms with E-state index in [0.29, 0.717) is 17.9 Å². The lowest BCUT2D eigenvalue weighted by Crippen LogP contribution is -2.41. The predicted molar refractivity (Wildman–Crippen MR) is 84.2 cm³/mol. The van der Waals surface area contributed by atoms with Gasteiger partial charge in [0.15, 0.2) is 0 Å². The van der Waals surface area contributed by atoms with Crippen molar-refractivity contribution in [1.82, 2.24) is 10.2 Å². The van der Waals surface area contributed by atoms with Gasteiger partial charge in [0.05, 0.1) is 11.8 Å². The number of amides is 3. The number of carbonyl (C=O) groups is 3. The second-order valence-corrected chi connectivity index (χ2v) is 7.84. The highest BCUT2D eigenvalue weighted by Gasteiger charge is 2.48. The Morgan fingerprint density at radius 2 is 1.48 bits per heavy atom. The van der Waals surface area contributed by atoms with Crippen LogP contribution in [0.2, 0.25) is 0 Å². The maximum absolute atomic E-state index is 12.4. The Labute approximate surface area is 137 Å². The summed E-state index contributed by atoms with van der Waals surface area (Å²) in [4.78, 5) is 38.4. The average molecular weight is 318 g/mol. The highest BCUT2D eigenvalue weighted by Crippen LogP contribution is 2.44. The molecule has 5 nitrogen and oxygen atoms in total. The van der Waals surface area contributed by atoms with Crippen molar-refractivity contribution in [2.24, 2.45) is 23.7 Å². The smallest absolute Gasteiger partial charge is 0.233 e. The Hall–Kier alpha value is -1.39. The Balaban J connectivity index is 1.30. The Bertz CT molecular complexity index is 488. The second kappa shape index (κ2) is 5.91. The van der Waals surface area contributed by atoms with Gasteiger partial charge < -0.3 is 5.32 Å². The van der Waals surface area contributed by atoms with Crippen LogP contribution in [0.25, 0.3) is 0 Å². The van der Waals surface area contributed by atoms with Crippen molar-refractivity contribution in [3.8, 4) is 0 Å². The number of hydrogen-bond donors (Lipinski definition) is 1. The van der Waals surface area contributed by atoms with E-state index in [9.17, 15) is 14.4 Å². The molecule has 1 aliphatic heterocycles. The minimum absolute atomic E-state index is 0.00396. The van der Waals surface area contributed by atoms with Gasteiger partial charge >= 0.3 is 0 Å². The average Bonchev–Trinajstić information content (AvgIpc) is 3.46. The zero-order valence-electron chi connectivity index (χ0n) is 13.6. The lowest BCUT2D eigenvalue weighted by molar-refractivity contribution is -0.140. The molecule has 2 atom stereocenters. The van der Waals surface area contributed by atoms with Crippen molar-refractivity contribution in [3.63, 3.8) is 0 Å². The van der Waals surface area contributed by atoms with Crippen LogP contribution in [0.1, 0.15) is 57.8 Å². The summed E-state index contributed by atoms with van der Waals surface area (Å²) in [6.07, 6.45) is 8.93. The molecule has 0 radical (unpaired) electrons. The number of hydrogen-bond acceptors (Lipinski definition) is 3. The third kappa shape index (κ3) is 3.02. The number of nitrogens with zero attached hydrogens (tertiary/aromatic N) is 1. The lowest BCUT2D eigenvalue weighted by atomic mass is 9.81. The van der Waals surface area contributed by atoms with E-state index in [1.165, 1.54) is 30.6 Å². The van der Waals surface area contributed by atoms with Crippen molar-refractivity contribution >= 4 is 17.7 Å². The normalized spacial score (nSPS) is 30.7. The fourth-order valence-electron chi connectivity index (χ4n) is 4.45. The van der Waals surface area contributed by atoms with Crippen molar-refractivity contribution < 1.29 is 14.4 Å². The summed E-state index contributed by atoms with van der Waals surface area (Å²) in [5.41, 5.74) is 0. The van der Waals surface area contributed by atoms with Gasteiger partial charge in [0.1, 0.15) is 0 Å². The Morgan fingerprint density at radius 3 is 1.96 bits per heavy atom. The standard InChI is InChI=1S/C18H26N2O3/c21-15(19-16(11-5-6-11)12-7-8-12)9-10-20-17(22)13-3-1-2-4-14(13)18(20)23/h11-14,16H,1-10H2,(H,19,21). The SMILES string of the molecule is O=C(CCN1C(=O)C2CCCCC2C1=O)NC(C1CC1)C1CC1. The van der Waals surface area contributed by atoms with Crippen molar-refractivity contribution in [2.75, 3.05) is 6.54 Å². The lowest BCUT2D eigenvalue weighted by Gasteiger charge is -2.19. The number of nitrogens with one attached hydrogen (secondary N) is 1. The molecule has 1 heterocycles. The van der Waals surface area contributed by atoms with Crippen LogP contribution in [-0.4, -0.2) is 35.2 Å². The first-order valence-electron chi connectivity index (χ1n) is 9.29. The van der Waals surface area contributed by atoms with Crippen molar-refractivity contribution in [1.29, 1.82) is 0 Å². The molecular weight excluding hydrogens is 292 g/mol. The number of likely N-dealkylation sites (tertiary alicyclic amines) is 1. The zero-order chi connectivity index (χ0) is 16.0. The van der Waals surface area contributed by atoms with Crippen molar-refractivity contribution in [2.45, 2.75) is 63.8 Å². The van der Waals surface area contributed by atoms with Crippen LogP contribution in [0.15, 0.2) is 0 Å². The molecule has 23 heavy (non-hydrogen) atoms. The van der Waals surface area contributed by atoms with Gasteiger partial charge in [-0.05, 0) is 50.4 Å². The quantitative estimate of drug-likeness (QED) is 0.760. The monoisotopic (exact) mass is 318 g/mol. The first-order valence-corrected chi connectivity index (χ1v) is 9.29. The molecule has 4 rings (SSSR count). The topological polar surface area (TPSA) is 66.5 Å². The summed E-state index contributed by atoms with van der Waals surface area (Å²) < 4.78 is 0. The van der Waals surface area contributed by atoms with Crippen LogP contribution in [0.5, 0.6) is 0 Å². The molecule has 3 aliphatic carbocycles. The molecule has 0 aromatic heterocycles. The molecule has 1 N–H and O–H groups in total. The highest BCUT2D eigenvalue weighted by atomic mass is 16.2. The first kappa shape index (κ1) is 15.2. The van der Waals surface area contributed by atoms with Crippen LogP contribution in [0, 0.1) is 23.7 Å². The van der Waals surface area contributed by atoms with Gasteiger partial charge in [-0.3, -0.25) is 19.3 Å². The second-order valence-electron chi connectivity index (χ2n) is 7.84. The van der Waals surface area contributed by atoms with Gasteiger partial charge in [-0.1, -0.05) is 12.8 Å². The number of carbonyl (C=O) groups excluding carboxylic acids is 3. The van der Waals surface area contributed by atoms with Gasteiger partial charge in [0.2, 0.25) is 17.7 Å². The molecule has 0 aromatic carbocycles. The van der Waals surface area contributed by atoms with Gasteiger partial charge in [0.25, 0.3) is 0 Å². The molecule has 4 aliphatic rings. The minimum Gasteiger partial charge on any atom is -0.353 e. The molecule has 0 spiro atoms. The van der Waals surface area contributed by atoms with Crippen LogP contribution >= 0.6 is 0 Å².